The van der Waals surface area contributed by atoms with E-state index in [4.69, 9.17) is 10.5 Å². The van der Waals surface area contributed by atoms with Crippen LogP contribution in [-0.2, 0) is 14.8 Å². The fourth-order valence-corrected chi connectivity index (χ4v) is 4.55. The van der Waals surface area contributed by atoms with Crippen LogP contribution < -0.4 is 5.73 Å². The second kappa shape index (κ2) is 6.13. The second-order valence-corrected chi connectivity index (χ2v) is 6.62. The minimum absolute atomic E-state index is 0.0408. The van der Waals surface area contributed by atoms with E-state index in [1.165, 1.54) is 7.11 Å². The fraction of sp³-hybridized carbons (Fsp3) is 1.00. The molecule has 2 N–H and O–H groups in total. The first kappa shape index (κ1) is 14.9. The summed E-state index contributed by atoms with van der Waals surface area (Å²) in [5.41, 5.74) is 5.49. The SMILES string of the molecule is CCN(C1(CN)CCCC1)S(=O)(=O)CCOC. The number of nitrogens with zero attached hydrogens (tertiary/aromatic N) is 1. The summed E-state index contributed by atoms with van der Waals surface area (Å²) < 4.78 is 31.0. The molecule has 0 unspecified atom stereocenters. The lowest BCUT2D eigenvalue weighted by molar-refractivity contribution is 0.193. The van der Waals surface area contributed by atoms with E-state index in [1.807, 2.05) is 6.92 Å². The highest BCUT2D eigenvalue weighted by molar-refractivity contribution is 7.89. The van der Waals surface area contributed by atoms with Crippen molar-refractivity contribution in [3.63, 3.8) is 0 Å². The van der Waals surface area contributed by atoms with Gasteiger partial charge in [0, 0.05) is 25.7 Å². The van der Waals surface area contributed by atoms with Gasteiger partial charge in [0.25, 0.3) is 0 Å². The Balaban J connectivity index is 2.89. The van der Waals surface area contributed by atoms with E-state index in [1.54, 1.807) is 4.31 Å². The maximum Gasteiger partial charge on any atom is 0.216 e. The van der Waals surface area contributed by atoms with Crippen LogP contribution in [0.25, 0.3) is 0 Å². The van der Waals surface area contributed by atoms with Gasteiger partial charge in [0.05, 0.1) is 12.4 Å². The van der Waals surface area contributed by atoms with Crippen LogP contribution in [0, 0.1) is 0 Å². The molecule has 1 saturated carbocycles. The average molecular weight is 264 g/mol. The monoisotopic (exact) mass is 264 g/mol. The van der Waals surface area contributed by atoms with Gasteiger partial charge in [-0.3, -0.25) is 0 Å². The third-order valence-corrected chi connectivity index (χ3v) is 5.61. The highest BCUT2D eigenvalue weighted by Crippen LogP contribution is 2.36. The Morgan fingerprint density at radius 2 is 1.94 bits per heavy atom. The van der Waals surface area contributed by atoms with E-state index in [0.29, 0.717) is 13.1 Å². The first-order chi connectivity index (χ1) is 8.02. The van der Waals surface area contributed by atoms with Gasteiger partial charge in [0.2, 0.25) is 10.0 Å². The quantitative estimate of drug-likeness (QED) is 0.729. The van der Waals surface area contributed by atoms with Gasteiger partial charge in [-0.25, -0.2) is 8.42 Å². The number of hydrogen-bond acceptors (Lipinski definition) is 4. The number of nitrogens with two attached hydrogens (primary N) is 1. The number of sulfonamides is 1. The molecule has 0 spiro atoms. The van der Waals surface area contributed by atoms with Crippen molar-refractivity contribution in [3.05, 3.63) is 0 Å². The molecule has 0 amide bonds. The average Bonchev–Trinajstić information content (AvgIpc) is 2.77. The fourth-order valence-electron chi connectivity index (χ4n) is 2.71. The Kier molecular flexibility index (Phi) is 5.37. The predicted octanol–water partition coefficient (Wildman–Crippen LogP) is 0.556. The molecule has 1 fully saturated rings. The van der Waals surface area contributed by atoms with Crippen LogP contribution in [0.4, 0.5) is 0 Å². The summed E-state index contributed by atoms with van der Waals surface area (Å²) in [5, 5.41) is 0. The predicted molar refractivity (Wildman–Crippen MR) is 68.3 cm³/mol. The van der Waals surface area contributed by atoms with Gasteiger partial charge in [0.1, 0.15) is 0 Å². The normalized spacial score (nSPS) is 20.0. The van der Waals surface area contributed by atoms with Gasteiger partial charge >= 0.3 is 0 Å². The molecular weight excluding hydrogens is 240 g/mol. The zero-order valence-electron chi connectivity index (χ0n) is 10.8. The van der Waals surface area contributed by atoms with Crippen molar-refractivity contribution in [1.29, 1.82) is 0 Å². The number of likely N-dealkylation sites (N-methyl/N-ethyl adjacent to an activating group) is 1. The summed E-state index contributed by atoms with van der Waals surface area (Å²) in [6.45, 7) is 3.01. The molecule has 0 aromatic rings. The lowest BCUT2D eigenvalue weighted by atomic mass is 9.98. The summed E-state index contributed by atoms with van der Waals surface area (Å²) >= 11 is 0. The van der Waals surface area contributed by atoms with E-state index < -0.39 is 10.0 Å². The van der Waals surface area contributed by atoms with Gasteiger partial charge in [-0.15, -0.1) is 0 Å². The van der Waals surface area contributed by atoms with Crippen molar-refractivity contribution in [1.82, 2.24) is 4.31 Å². The smallest absolute Gasteiger partial charge is 0.216 e. The van der Waals surface area contributed by atoms with Crippen LogP contribution in [0.1, 0.15) is 32.6 Å². The van der Waals surface area contributed by atoms with Crippen molar-refractivity contribution in [2.45, 2.75) is 38.1 Å². The van der Waals surface area contributed by atoms with Crippen molar-refractivity contribution < 1.29 is 13.2 Å². The van der Waals surface area contributed by atoms with E-state index in [2.05, 4.69) is 0 Å². The highest BCUT2D eigenvalue weighted by atomic mass is 32.2. The van der Waals surface area contributed by atoms with Gasteiger partial charge in [-0.2, -0.15) is 4.31 Å². The first-order valence-corrected chi connectivity index (χ1v) is 7.83. The van der Waals surface area contributed by atoms with Crippen LogP contribution >= 0.6 is 0 Å². The molecule has 6 heteroatoms. The molecule has 0 aliphatic heterocycles. The summed E-state index contributed by atoms with van der Waals surface area (Å²) in [4.78, 5) is 0. The molecule has 102 valence electrons. The van der Waals surface area contributed by atoms with E-state index in [-0.39, 0.29) is 17.9 Å². The molecule has 17 heavy (non-hydrogen) atoms. The van der Waals surface area contributed by atoms with Crippen LogP contribution in [-0.4, -0.2) is 50.8 Å². The number of rotatable bonds is 7. The van der Waals surface area contributed by atoms with Gasteiger partial charge < -0.3 is 10.5 Å². The lowest BCUT2D eigenvalue weighted by Crippen LogP contribution is -2.55. The number of hydrogen-bond donors (Lipinski definition) is 1. The van der Waals surface area contributed by atoms with Crippen LogP contribution in [0.5, 0.6) is 0 Å². The van der Waals surface area contributed by atoms with Gasteiger partial charge in [0.15, 0.2) is 0 Å². The summed E-state index contributed by atoms with van der Waals surface area (Å²) in [7, 11) is -1.75. The van der Waals surface area contributed by atoms with Gasteiger partial charge in [-0.05, 0) is 12.8 Å². The molecule has 0 heterocycles. The second-order valence-electron chi connectivity index (χ2n) is 4.61. The maximum absolute atomic E-state index is 12.3. The van der Waals surface area contributed by atoms with Crippen LogP contribution in [0.3, 0.4) is 0 Å². The Labute approximate surface area is 104 Å². The zero-order valence-corrected chi connectivity index (χ0v) is 11.6. The van der Waals surface area contributed by atoms with Crippen molar-refractivity contribution >= 4 is 10.0 Å². The topological polar surface area (TPSA) is 72.6 Å². The molecule has 0 atom stereocenters. The minimum Gasteiger partial charge on any atom is -0.384 e. The van der Waals surface area contributed by atoms with Gasteiger partial charge in [-0.1, -0.05) is 19.8 Å². The summed E-state index contributed by atoms with van der Waals surface area (Å²) in [6, 6.07) is 0. The Morgan fingerprint density at radius 1 is 1.35 bits per heavy atom. The zero-order chi connectivity index (χ0) is 12.9. The Bertz CT molecular complexity index is 324. The first-order valence-electron chi connectivity index (χ1n) is 6.22. The molecule has 0 saturated heterocycles. The number of methoxy groups -OCH3 is 1. The van der Waals surface area contributed by atoms with Crippen LogP contribution in [0.15, 0.2) is 0 Å². The van der Waals surface area contributed by atoms with Crippen LogP contribution in [0.2, 0.25) is 0 Å². The third kappa shape index (κ3) is 3.19. The van der Waals surface area contributed by atoms with Crippen molar-refractivity contribution in [2.24, 2.45) is 5.73 Å². The molecule has 0 aromatic heterocycles. The Morgan fingerprint density at radius 3 is 2.35 bits per heavy atom. The maximum atomic E-state index is 12.3. The highest BCUT2D eigenvalue weighted by Gasteiger charge is 2.43. The van der Waals surface area contributed by atoms with E-state index >= 15 is 0 Å². The molecule has 0 aromatic carbocycles. The summed E-state index contributed by atoms with van der Waals surface area (Å²) in [5.74, 6) is 0.0408. The molecule has 1 aliphatic rings. The minimum atomic E-state index is -3.26. The standard InChI is InChI=1S/C11H24N2O3S/c1-3-13(17(14,15)9-8-16-2)11(10-12)6-4-5-7-11/h3-10,12H2,1-2H3. The van der Waals surface area contributed by atoms with Crippen molar-refractivity contribution in [2.75, 3.05) is 32.6 Å². The van der Waals surface area contributed by atoms with Crippen molar-refractivity contribution in [3.8, 4) is 0 Å². The molecule has 1 rings (SSSR count). The molecule has 5 nitrogen and oxygen atoms in total. The number of ether oxygens (including phenoxy) is 1. The third-order valence-electron chi connectivity index (χ3n) is 3.61. The van der Waals surface area contributed by atoms with E-state index in [9.17, 15) is 8.42 Å². The van der Waals surface area contributed by atoms with E-state index in [0.717, 1.165) is 25.7 Å². The largest absolute Gasteiger partial charge is 0.384 e. The molecule has 1 aliphatic carbocycles. The lowest BCUT2D eigenvalue weighted by Gasteiger charge is -2.38. The summed E-state index contributed by atoms with van der Waals surface area (Å²) in [6.07, 6.45) is 3.88. The molecule has 0 bridgehead atoms. The molecule has 0 radical (unpaired) electrons. The molecular formula is C11H24N2O3S. The Hall–Kier alpha value is -0.170.